The molecule has 4 nitrogen and oxygen atoms in total. The number of rotatable bonds is 1. The van der Waals surface area contributed by atoms with E-state index in [-0.39, 0.29) is 6.29 Å². The summed E-state index contributed by atoms with van der Waals surface area (Å²) in [7, 11) is 1.72. The molecule has 1 aromatic rings. The van der Waals surface area contributed by atoms with E-state index >= 15 is 0 Å². The van der Waals surface area contributed by atoms with Crippen LogP contribution >= 0.6 is 0 Å². The predicted molar refractivity (Wildman–Crippen MR) is 63.7 cm³/mol. The first-order chi connectivity index (χ1) is 8.85. The predicted octanol–water partition coefficient (Wildman–Crippen LogP) is 1.75. The zero-order valence-electron chi connectivity index (χ0n) is 10.3. The minimum Gasteiger partial charge on any atom is -0.454 e. The van der Waals surface area contributed by atoms with Crippen LogP contribution in [0.4, 0.5) is 0 Å². The molecular formula is C14H16O4. The van der Waals surface area contributed by atoms with Crippen molar-refractivity contribution in [2.24, 2.45) is 11.8 Å². The molecule has 3 atom stereocenters. The molecule has 18 heavy (non-hydrogen) atoms. The standard InChI is InChI=1S/C14H16O4/c1-15-14-11-3-9-5-13-12(17-7-18-13)4-8(9)2-10(11)6-16-14/h4-5,10-11,14H,2-3,6-7H2,1H3/t10-,11+,14+/m0/s1. The van der Waals surface area contributed by atoms with Gasteiger partial charge in [0.2, 0.25) is 6.79 Å². The van der Waals surface area contributed by atoms with Crippen molar-refractivity contribution in [1.29, 1.82) is 0 Å². The average molecular weight is 248 g/mol. The fourth-order valence-corrected chi connectivity index (χ4v) is 3.35. The Bertz CT molecular complexity index is 485. The molecule has 96 valence electrons. The summed E-state index contributed by atoms with van der Waals surface area (Å²) in [6.07, 6.45) is 2.01. The van der Waals surface area contributed by atoms with Crippen molar-refractivity contribution < 1.29 is 18.9 Å². The van der Waals surface area contributed by atoms with Crippen molar-refractivity contribution in [3.8, 4) is 11.5 Å². The second-order valence-corrected chi connectivity index (χ2v) is 5.24. The molecule has 0 radical (unpaired) electrons. The van der Waals surface area contributed by atoms with Gasteiger partial charge in [-0.3, -0.25) is 0 Å². The van der Waals surface area contributed by atoms with Gasteiger partial charge in [0.05, 0.1) is 6.61 Å². The monoisotopic (exact) mass is 248 g/mol. The largest absolute Gasteiger partial charge is 0.454 e. The molecule has 0 bridgehead atoms. The topological polar surface area (TPSA) is 36.9 Å². The molecule has 4 heteroatoms. The minimum absolute atomic E-state index is 0.0476. The van der Waals surface area contributed by atoms with Crippen molar-refractivity contribution in [3.63, 3.8) is 0 Å². The quantitative estimate of drug-likeness (QED) is 0.758. The molecule has 0 aromatic heterocycles. The second-order valence-electron chi connectivity index (χ2n) is 5.24. The summed E-state index contributed by atoms with van der Waals surface area (Å²) < 4.78 is 22.0. The van der Waals surface area contributed by atoms with Gasteiger partial charge in [0, 0.05) is 13.0 Å². The van der Waals surface area contributed by atoms with E-state index in [4.69, 9.17) is 18.9 Å². The van der Waals surface area contributed by atoms with E-state index in [0.29, 0.717) is 18.6 Å². The van der Waals surface area contributed by atoms with E-state index in [1.54, 1.807) is 7.11 Å². The molecular weight excluding hydrogens is 232 g/mol. The fraction of sp³-hybridized carbons (Fsp3) is 0.571. The Morgan fingerprint density at radius 1 is 1.11 bits per heavy atom. The molecule has 0 N–H and O–H groups in total. The van der Waals surface area contributed by atoms with E-state index in [0.717, 1.165) is 30.9 Å². The molecule has 1 aliphatic carbocycles. The third kappa shape index (κ3) is 1.45. The highest BCUT2D eigenvalue weighted by atomic mass is 16.7. The normalized spacial score (nSPS) is 32.2. The van der Waals surface area contributed by atoms with Gasteiger partial charge in [0.25, 0.3) is 0 Å². The molecule has 0 amide bonds. The lowest BCUT2D eigenvalue weighted by Crippen LogP contribution is -2.29. The molecule has 2 aliphatic heterocycles. The van der Waals surface area contributed by atoms with Gasteiger partial charge in [0.15, 0.2) is 17.8 Å². The first-order valence-corrected chi connectivity index (χ1v) is 6.41. The van der Waals surface area contributed by atoms with Crippen molar-refractivity contribution >= 4 is 0 Å². The Labute approximate surface area is 106 Å². The Balaban J connectivity index is 1.70. The number of hydrogen-bond acceptors (Lipinski definition) is 4. The average Bonchev–Trinajstić information content (AvgIpc) is 2.98. The maximum atomic E-state index is 5.70. The van der Waals surface area contributed by atoms with E-state index in [9.17, 15) is 0 Å². The lowest BCUT2D eigenvalue weighted by molar-refractivity contribution is -0.110. The highest BCUT2D eigenvalue weighted by Crippen LogP contribution is 2.43. The lowest BCUT2D eigenvalue weighted by atomic mass is 9.77. The van der Waals surface area contributed by atoms with Gasteiger partial charge >= 0.3 is 0 Å². The summed E-state index contributed by atoms with van der Waals surface area (Å²) in [6, 6.07) is 4.26. The van der Waals surface area contributed by atoms with Gasteiger partial charge < -0.3 is 18.9 Å². The van der Waals surface area contributed by atoms with Crippen LogP contribution in [0.5, 0.6) is 11.5 Å². The van der Waals surface area contributed by atoms with Crippen LogP contribution in [0.2, 0.25) is 0 Å². The first kappa shape index (κ1) is 10.6. The maximum absolute atomic E-state index is 5.70. The van der Waals surface area contributed by atoms with Crippen LogP contribution in [0.1, 0.15) is 11.1 Å². The molecule has 0 unspecified atom stereocenters. The molecule has 3 aliphatic rings. The first-order valence-electron chi connectivity index (χ1n) is 6.41. The third-order valence-electron chi connectivity index (χ3n) is 4.29. The van der Waals surface area contributed by atoms with Crippen molar-refractivity contribution in [3.05, 3.63) is 23.3 Å². The Hall–Kier alpha value is -1.26. The summed E-state index contributed by atoms with van der Waals surface area (Å²) in [5.41, 5.74) is 2.73. The van der Waals surface area contributed by atoms with E-state index in [2.05, 4.69) is 12.1 Å². The molecule has 0 spiro atoms. The summed E-state index contributed by atoms with van der Waals surface area (Å²) in [5, 5.41) is 0. The van der Waals surface area contributed by atoms with E-state index in [1.807, 2.05) is 0 Å². The number of benzene rings is 1. The Morgan fingerprint density at radius 3 is 2.56 bits per heavy atom. The van der Waals surface area contributed by atoms with Crippen LogP contribution in [-0.2, 0) is 22.3 Å². The highest BCUT2D eigenvalue weighted by molar-refractivity contribution is 5.50. The van der Waals surface area contributed by atoms with Crippen molar-refractivity contribution in [2.75, 3.05) is 20.5 Å². The molecule has 1 fully saturated rings. The maximum Gasteiger partial charge on any atom is 0.231 e. The summed E-state index contributed by atoms with van der Waals surface area (Å²) in [6.45, 7) is 1.14. The van der Waals surface area contributed by atoms with Gasteiger partial charge in [0.1, 0.15) is 0 Å². The summed E-state index contributed by atoms with van der Waals surface area (Å²) in [4.78, 5) is 0. The molecule has 4 rings (SSSR count). The van der Waals surface area contributed by atoms with Gasteiger partial charge in [-0.1, -0.05) is 0 Å². The van der Waals surface area contributed by atoms with Crippen molar-refractivity contribution in [1.82, 2.24) is 0 Å². The molecule has 0 saturated carbocycles. The Morgan fingerprint density at radius 2 is 1.83 bits per heavy atom. The van der Waals surface area contributed by atoms with Crippen LogP contribution in [0, 0.1) is 11.8 Å². The van der Waals surface area contributed by atoms with Crippen LogP contribution in [0.15, 0.2) is 12.1 Å². The van der Waals surface area contributed by atoms with Crippen LogP contribution < -0.4 is 9.47 Å². The number of methoxy groups -OCH3 is 1. The minimum atomic E-state index is -0.0476. The zero-order chi connectivity index (χ0) is 12.1. The lowest BCUT2D eigenvalue weighted by Gasteiger charge is -2.28. The summed E-state index contributed by atoms with van der Waals surface area (Å²) in [5.74, 6) is 2.81. The van der Waals surface area contributed by atoms with Crippen molar-refractivity contribution in [2.45, 2.75) is 19.1 Å². The van der Waals surface area contributed by atoms with Crippen LogP contribution in [0.3, 0.4) is 0 Å². The number of fused-ring (bicyclic) bond motifs is 3. The molecule has 1 aromatic carbocycles. The second kappa shape index (κ2) is 3.87. The molecule has 2 heterocycles. The van der Waals surface area contributed by atoms with Crippen LogP contribution in [0.25, 0.3) is 0 Å². The summed E-state index contributed by atoms with van der Waals surface area (Å²) >= 11 is 0. The highest BCUT2D eigenvalue weighted by Gasteiger charge is 2.41. The smallest absolute Gasteiger partial charge is 0.231 e. The Kier molecular flexibility index (Phi) is 2.29. The van der Waals surface area contributed by atoms with E-state index in [1.165, 1.54) is 11.1 Å². The van der Waals surface area contributed by atoms with Gasteiger partial charge in [-0.25, -0.2) is 0 Å². The SMILES string of the molecule is CO[C@@H]1OC[C@@H]2Cc3cc4c(cc3C[C@H]21)OCO4. The van der Waals surface area contributed by atoms with E-state index < -0.39 is 0 Å². The van der Waals surface area contributed by atoms with Gasteiger partial charge in [-0.05, 0) is 42.0 Å². The van der Waals surface area contributed by atoms with Crippen LogP contribution in [-0.4, -0.2) is 26.8 Å². The fourth-order valence-electron chi connectivity index (χ4n) is 3.35. The number of hydrogen-bond donors (Lipinski definition) is 0. The van der Waals surface area contributed by atoms with Gasteiger partial charge in [-0.2, -0.15) is 0 Å². The zero-order valence-corrected chi connectivity index (χ0v) is 10.3. The third-order valence-corrected chi connectivity index (χ3v) is 4.29. The molecule has 1 saturated heterocycles. The number of ether oxygens (including phenoxy) is 4. The van der Waals surface area contributed by atoms with Gasteiger partial charge in [-0.15, -0.1) is 0 Å².